The maximum absolute atomic E-state index is 9.93. The molecule has 0 unspecified atom stereocenters. The van der Waals surface area contributed by atoms with Gasteiger partial charge >= 0.3 is 0 Å². The van der Waals surface area contributed by atoms with E-state index in [0.717, 1.165) is 105 Å². The minimum Gasteiger partial charge on any atom is -0.456 e. The number of hydrogen-bond acceptors (Lipinski definition) is 3. The number of rotatable bonds is 9. The van der Waals surface area contributed by atoms with Gasteiger partial charge in [0.1, 0.15) is 11.2 Å². The average molecular weight is 1420 g/mol. The summed E-state index contributed by atoms with van der Waals surface area (Å²) in [5.74, 6) is 0. The van der Waals surface area contributed by atoms with Crippen molar-refractivity contribution in [2.45, 2.75) is 0 Å². The standard InChI is InChI=1S/C102H63BN6O/c1-5-25-64(26-6-1)66-47-54-88-80(58-66)100-90(104(88)70-29-9-3-10-30-70)42-23-44-92(100)108-94-62-72(106-84-38-18-13-33-74(84)75-34-14-19-39-85(75)106)50-52-82(94)103-83-53-51-73(107-86-40-20-15-35-76(86)77-36-16-21-41-87(77)107)63-95(83)109(97-61-69(60-96(108)102(97)103)68-49-56-99-79(57-68)78-37-17-22-46-98(78)110-99)93-45-24-43-91-101(93)81-59-67(65-27-7-2-8-28-65)48-55-89(81)105(91)71-31-11-4-12-32-71/h1-63H/i13D,14D,15D,16D,18D,19D,20D,21D,33D,34D,35D,36D,38D,39D,40D,41D. The summed E-state index contributed by atoms with van der Waals surface area (Å²) in [6.07, 6.45) is 0. The van der Waals surface area contributed by atoms with E-state index in [1.807, 2.05) is 140 Å². The van der Waals surface area contributed by atoms with Gasteiger partial charge in [0.05, 0.1) is 77.4 Å². The summed E-state index contributed by atoms with van der Waals surface area (Å²) in [7, 11) is 0. The van der Waals surface area contributed by atoms with Gasteiger partial charge in [-0.3, -0.25) is 0 Å². The van der Waals surface area contributed by atoms with Crippen molar-refractivity contribution < 1.29 is 26.3 Å². The molecule has 0 bridgehead atoms. The van der Waals surface area contributed by atoms with E-state index < -0.39 is 103 Å². The molecular weight excluding hydrogens is 1340 g/mol. The third-order valence-electron chi connectivity index (χ3n) is 22.6. The summed E-state index contributed by atoms with van der Waals surface area (Å²) in [5, 5.41) is 4.91. The number of para-hydroxylation sites is 7. The SMILES string of the molecule is [2H]c1c([2H])c([2H])c2c(c1[2H])c1c([2H])c([2H])c([2H])c([2H])c1n2-c1ccc2c(c1)N(c1cccc3c1c1cc(-c4ccccc4)ccc1n3-c1ccccc1)c1cc(-c3ccc4oc5ccccc5c4c3)cc3c1B2c1ccc(-n2c4c([2H])c([2H])c([2H])c([2H])c4c4c([2H])c([2H])c([2H])c([2H])c42)cc1N3c1cccc2c1c1cc(-c3ccccc3)ccc1n2-c1ccccc1. The molecule has 110 heavy (non-hydrogen) atoms. The smallest absolute Gasteiger partial charge is 0.252 e. The predicted molar refractivity (Wildman–Crippen MR) is 461 cm³/mol. The molecule has 2 aliphatic heterocycles. The van der Waals surface area contributed by atoms with Crippen LogP contribution in [0.1, 0.15) is 21.9 Å². The van der Waals surface area contributed by atoms with E-state index in [0.29, 0.717) is 67.6 Å². The minimum atomic E-state index is -0.811. The molecule has 0 N–H and O–H groups in total. The molecule has 22 aromatic rings. The second-order valence-electron chi connectivity index (χ2n) is 28.3. The van der Waals surface area contributed by atoms with Crippen LogP contribution in [0.5, 0.6) is 0 Å². The fourth-order valence-corrected chi connectivity index (χ4v) is 18.0. The Kier molecular flexibility index (Phi) is 10.0. The van der Waals surface area contributed by atoms with Gasteiger partial charge in [-0.05, 0) is 201 Å². The highest BCUT2D eigenvalue weighted by atomic mass is 16.3. The summed E-state index contributed by atoms with van der Waals surface area (Å²) in [4.78, 5) is 4.58. The van der Waals surface area contributed by atoms with Crippen molar-refractivity contribution in [3.05, 3.63) is 382 Å². The van der Waals surface area contributed by atoms with Crippen molar-refractivity contribution in [3.63, 3.8) is 0 Å². The lowest BCUT2D eigenvalue weighted by molar-refractivity contribution is 0.669. The van der Waals surface area contributed by atoms with E-state index in [-0.39, 0.29) is 43.6 Å². The van der Waals surface area contributed by atoms with Crippen LogP contribution < -0.4 is 26.2 Å². The molecule has 0 radical (unpaired) electrons. The van der Waals surface area contributed by atoms with Crippen molar-refractivity contribution in [3.8, 4) is 56.1 Å². The Bertz CT molecular complexity index is 8050. The van der Waals surface area contributed by atoms with Gasteiger partial charge in [0, 0.05) is 99.4 Å². The van der Waals surface area contributed by atoms with E-state index in [1.165, 1.54) is 0 Å². The van der Waals surface area contributed by atoms with Gasteiger partial charge in [0.2, 0.25) is 0 Å². The van der Waals surface area contributed by atoms with Crippen molar-refractivity contribution in [1.82, 2.24) is 18.3 Å². The van der Waals surface area contributed by atoms with Crippen LogP contribution in [0.25, 0.3) is 165 Å². The third-order valence-corrected chi connectivity index (χ3v) is 22.6. The van der Waals surface area contributed by atoms with Crippen molar-refractivity contribution in [2.75, 3.05) is 9.80 Å². The van der Waals surface area contributed by atoms with Gasteiger partial charge in [-0.25, -0.2) is 0 Å². The molecule has 7 heterocycles. The minimum absolute atomic E-state index is 0.0661. The summed E-state index contributed by atoms with van der Waals surface area (Å²) in [5.41, 5.74) is 18.6. The normalized spacial score (nSPS) is 14.7. The topological polar surface area (TPSA) is 39.3 Å². The maximum Gasteiger partial charge on any atom is 0.252 e. The van der Waals surface area contributed by atoms with E-state index in [2.05, 4.69) is 165 Å². The molecule has 510 valence electrons. The molecule has 17 aromatic carbocycles. The number of hydrogen-bond donors (Lipinski definition) is 0. The highest BCUT2D eigenvalue weighted by Crippen LogP contribution is 2.53. The number of aromatic nitrogens is 4. The summed E-state index contributed by atoms with van der Waals surface area (Å²) in [6.45, 7) is -0.811. The maximum atomic E-state index is 9.93. The first-order valence-corrected chi connectivity index (χ1v) is 36.6. The summed E-state index contributed by atoms with van der Waals surface area (Å²) in [6, 6.07) is 88.5. The van der Waals surface area contributed by atoms with Gasteiger partial charge < -0.3 is 32.5 Å². The van der Waals surface area contributed by atoms with Gasteiger partial charge in [0.15, 0.2) is 0 Å². The Morgan fingerprint density at radius 3 is 1.09 bits per heavy atom. The van der Waals surface area contributed by atoms with Crippen LogP contribution in [-0.2, 0) is 0 Å². The third kappa shape index (κ3) is 8.78. The lowest BCUT2D eigenvalue weighted by atomic mass is 9.33. The Balaban J connectivity index is 0.901. The molecular formula is C102H63BN6O. The molecule has 0 amide bonds. The first-order valence-electron chi connectivity index (χ1n) is 44.6. The lowest BCUT2D eigenvalue weighted by Crippen LogP contribution is -2.61. The van der Waals surface area contributed by atoms with E-state index in [9.17, 15) is 16.4 Å². The van der Waals surface area contributed by atoms with Gasteiger partial charge in [-0.15, -0.1) is 0 Å². The first-order chi connectivity index (χ1) is 61.2. The average Bonchev–Trinajstić information content (AvgIpc) is 1.68. The molecule has 24 rings (SSSR count). The number of benzene rings is 17. The lowest BCUT2D eigenvalue weighted by Gasteiger charge is -2.45. The quantitative estimate of drug-likeness (QED) is 0.135. The Labute approximate surface area is 655 Å². The molecule has 2 aliphatic rings. The number of nitrogens with zero attached hydrogens (tertiary/aromatic N) is 6. The Hall–Kier alpha value is -14.6. The first kappa shape index (κ1) is 47.1. The fraction of sp³-hybridized carbons (Fsp3) is 0. The zero-order valence-corrected chi connectivity index (χ0v) is 58.3. The van der Waals surface area contributed by atoms with E-state index >= 15 is 0 Å². The number of anilines is 6. The van der Waals surface area contributed by atoms with Crippen LogP contribution in [0.3, 0.4) is 0 Å². The second kappa shape index (κ2) is 23.5. The van der Waals surface area contributed by atoms with Crippen LogP contribution in [0, 0.1) is 0 Å². The highest BCUT2D eigenvalue weighted by molar-refractivity contribution is 7.00. The molecule has 0 aliphatic carbocycles. The monoisotopic (exact) mass is 1410 g/mol. The molecule has 0 saturated heterocycles. The van der Waals surface area contributed by atoms with Crippen LogP contribution >= 0.6 is 0 Å². The highest BCUT2D eigenvalue weighted by Gasteiger charge is 2.45. The molecule has 0 atom stereocenters. The van der Waals surface area contributed by atoms with Crippen molar-refractivity contribution >= 4 is 166 Å². The molecule has 7 nitrogen and oxygen atoms in total. The second-order valence-corrected chi connectivity index (χ2v) is 28.3. The predicted octanol–water partition coefficient (Wildman–Crippen LogP) is 25.1. The molecule has 8 heteroatoms. The molecule has 0 spiro atoms. The van der Waals surface area contributed by atoms with E-state index in [1.54, 1.807) is 9.13 Å². The van der Waals surface area contributed by atoms with Crippen LogP contribution in [0.15, 0.2) is 386 Å². The molecule has 0 saturated carbocycles. The number of furan rings is 1. The van der Waals surface area contributed by atoms with Crippen LogP contribution in [0.2, 0.25) is 0 Å². The zero-order valence-electron chi connectivity index (χ0n) is 74.3. The van der Waals surface area contributed by atoms with E-state index in [4.69, 9.17) is 9.90 Å². The summed E-state index contributed by atoms with van der Waals surface area (Å²) >= 11 is 0. The van der Waals surface area contributed by atoms with Gasteiger partial charge in [-0.1, -0.05) is 230 Å². The van der Waals surface area contributed by atoms with Gasteiger partial charge in [-0.2, -0.15) is 0 Å². The fourth-order valence-electron chi connectivity index (χ4n) is 18.0. The Morgan fingerprint density at radius 1 is 0.227 bits per heavy atom. The van der Waals surface area contributed by atoms with Crippen molar-refractivity contribution in [1.29, 1.82) is 0 Å². The Morgan fingerprint density at radius 2 is 0.618 bits per heavy atom. The van der Waals surface area contributed by atoms with Crippen LogP contribution in [-0.4, -0.2) is 25.0 Å². The molecule has 0 fully saturated rings. The molecule has 5 aromatic heterocycles. The zero-order chi connectivity index (χ0) is 85.7. The number of fused-ring (bicyclic) bond motifs is 19. The van der Waals surface area contributed by atoms with Crippen molar-refractivity contribution in [2.24, 2.45) is 0 Å². The van der Waals surface area contributed by atoms with Crippen LogP contribution in [0.4, 0.5) is 34.1 Å². The largest absolute Gasteiger partial charge is 0.456 e. The van der Waals surface area contributed by atoms with Gasteiger partial charge in [0.25, 0.3) is 6.71 Å². The summed E-state index contributed by atoms with van der Waals surface area (Å²) < 4.78 is 167.